The number of nitrogens with one attached hydrogen (secondary N) is 1. The highest BCUT2D eigenvalue weighted by Gasteiger charge is 2.13. The molecule has 0 saturated carbocycles. The van der Waals surface area contributed by atoms with Crippen molar-refractivity contribution >= 4 is 17.2 Å². The number of rotatable bonds is 6. The first-order valence-electron chi connectivity index (χ1n) is 5.01. The van der Waals surface area contributed by atoms with Gasteiger partial charge in [-0.3, -0.25) is 5.41 Å². The monoisotopic (exact) mass is 242 g/mol. The molecule has 5 nitrogen and oxygen atoms in total. The summed E-state index contributed by atoms with van der Waals surface area (Å²) in [4.78, 5) is 7.27. The standard InChI is InChI=1S/C10H18N4OS/c1-14(2)5-4-8-13-7(6-15-3)9(16-8)10(11)12/h4-6H2,1-3H3,(H3,11,12). The van der Waals surface area contributed by atoms with Gasteiger partial charge < -0.3 is 15.4 Å². The summed E-state index contributed by atoms with van der Waals surface area (Å²) in [5, 5.41) is 8.47. The number of nitrogens with zero attached hydrogens (tertiary/aromatic N) is 2. The van der Waals surface area contributed by atoms with E-state index in [1.165, 1.54) is 11.3 Å². The Morgan fingerprint density at radius 2 is 2.25 bits per heavy atom. The van der Waals surface area contributed by atoms with Crippen molar-refractivity contribution in [3.8, 4) is 0 Å². The van der Waals surface area contributed by atoms with Crippen LogP contribution in [0.25, 0.3) is 0 Å². The highest BCUT2D eigenvalue weighted by atomic mass is 32.1. The van der Waals surface area contributed by atoms with E-state index in [2.05, 4.69) is 9.88 Å². The number of hydrogen-bond acceptors (Lipinski definition) is 5. The summed E-state index contributed by atoms with van der Waals surface area (Å²) in [5.74, 6) is 0.0700. The Balaban J connectivity index is 2.79. The van der Waals surface area contributed by atoms with Gasteiger partial charge in [0, 0.05) is 20.1 Å². The van der Waals surface area contributed by atoms with Gasteiger partial charge in [-0.1, -0.05) is 0 Å². The fraction of sp³-hybridized carbons (Fsp3) is 0.600. The van der Waals surface area contributed by atoms with Crippen LogP contribution in [-0.2, 0) is 17.8 Å². The van der Waals surface area contributed by atoms with Gasteiger partial charge in [0.15, 0.2) is 0 Å². The van der Waals surface area contributed by atoms with Crippen molar-refractivity contribution < 1.29 is 4.74 Å². The third-order valence-electron chi connectivity index (χ3n) is 2.04. The van der Waals surface area contributed by atoms with Crippen molar-refractivity contribution in [3.05, 3.63) is 15.6 Å². The quantitative estimate of drug-likeness (QED) is 0.568. The van der Waals surface area contributed by atoms with Gasteiger partial charge in [0.1, 0.15) is 5.84 Å². The van der Waals surface area contributed by atoms with Crippen LogP contribution < -0.4 is 5.73 Å². The third-order valence-corrected chi connectivity index (χ3v) is 3.23. The molecule has 0 fully saturated rings. The van der Waals surface area contributed by atoms with Crippen LogP contribution in [-0.4, -0.2) is 43.5 Å². The number of likely N-dealkylation sites (N-methyl/N-ethyl adjacent to an activating group) is 1. The predicted octanol–water partition coefficient (Wildman–Crippen LogP) is 0.678. The van der Waals surface area contributed by atoms with Crippen molar-refractivity contribution in [1.29, 1.82) is 5.41 Å². The lowest BCUT2D eigenvalue weighted by Gasteiger charge is -2.06. The average molecular weight is 242 g/mol. The molecule has 0 aliphatic rings. The summed E-state index contributed by atoms with van der Waals surface area (Å²) in [6, 6.07) is 0. The van der Waals surface area contributed by atoms with Crippen LogP contribution in [0.1, 0.15) is 15.6 Å². The summed E-state index contributed by atoms with van der Waals surface area (Å²) in [6.45, 7) is 1.35. The molecule has 3 N–H and O–H groups in total. The lowest BCUT2D eigenvalue weighted by molar-refractivity contribution is 0.181. The highest BCUT2D eigenvalue weighted by Crippen LogP contribution is 2.19. The number of nitrogen functional groups attached to an aromatic ring is 1. The molecule has 0 bridgehead atoms. The second-order valence-electron chi connectivity index (χ2n) is 3.78. The molecule has 6 heteroatoms. The Morgan fingerprint density at radius 1 is 1.56 bits per heavy atom. The molecule has 0 unspecified atom stereocenters. The molecule has 0 spiro atoms. The van der Waals surface area contributed by atoms with Gasteiger partial charge in [0.25, 0.3) is 0 Å². The largest absolute Gasteiger partial charge is 0.383 e. The molecule has 90 valence electrons. The van der Waals surface area contributed by atoms with Crippen LogP contribution >= 0.6 is 11.3 Å². The van der Waals surface area contributed by atoms with Gasteiger partial charge in [0.2, 0.25) is 0 Å². The van der Waals surface area contributed by atoms with E-state index in [-0.39, 0.29) is 5.84 Å². The topological polar surface area (TPSA) is 75.2 Å². The average Bonchev–Trinajstić information content (AvgIpc) is 2.59. The molecule has 1 rings (SSSR count). The van der Waals surface area contributed by atoms with Crippen molar-refractivity contribution in [2.24, 2.45) is 5.73 Å². The zero-order valence-electron chi connectivity index (χ0n) is 9.91. The number of aromatic nitrogens is 1. The van der Waals surface area contributed by atoms with E-state index in [1.54, 1.807) is 7.11 Å². The van der Waals surface area contributed by atoms with Gasteiger partial charge in [-0.2, -0.15) is 0 Å². The molecular weight excluding hydrogens is 224 g/mol. The molecule has 0 aliphatic heterocycles. The van der Waals surface area contributed by atoms with Crippen LogP contribution in [0, 0.1) is 5.41 Å². The van der Waals surface area contributed by atoms with Crippen LogP contribution in [0.15, 0.2) is 0 Å². The molecule has 0 atom stereocenters. The fourth-order valence-electron chi connectivity index (χ4n) is 1.27. The lowest BCUT2D eigenvalue weighted by atomic mass is 10.3. The minimum atomic E-state index is 0.0700. The summed E-state index contributed by atoms with van der Waals surface area (Å²) in [7, 11) is 5.66. The van der Waals surface area contributed by atoms with E-state index in [4.69, 9.17) is 15.9 Å². The first-order valence-corrected chi connectivity index (χ1v) is 5.83. The van der Waals surface area contributed by atoms with Gasteiger partial charge >= 0.3 is 0 Å². The molecule has 1 heterocycles. The van der Waals surface area contributed by atoms with Gasteiger partial charge in [-0.15, -0.1) is 11.3 Å². The van der Waals surface area contributed by atoms with E-state index in [0.717, 1.165) is 28.5 Å². The molecular formula is C10H18N4OS. The zero-order valence-corrected chi connectivity index (χ0v) is 10.7. The minimum absolute atomic E-state index is 0.0700. The third kappa shape index (κ3) is 3.55. The summed E-state index contributed by atoms with van der Waals surface area (Å²) >= 11 is 1.48. The van der Waals surface area contributed by atoms with Crippen molar-refractivity contribution in [1.82, 2.24) is 9.88 Å². The molecule has 16 heavy (non-hydrogen) atoms. The Kier molecular flexibility index (Phi) is 4.85. The SMILES string of the molecule is COCc1nc(CCN(C)C)sc1C(=N)N. The van der Waals surface area contributed by atoms with Crippen molar-refractivity contribution in [3.63, 3.8) is 0 Å². The summed E-state index contributed by atoms with van der Waals surface area (Å²) in [6.07, 6.45) is 0.877. The van der Waals surface area contributed by atoms with Crippen LogP contribution in [0.5, 0.6) is 0 Å². The normalized spacial score (nSPS) is 11.0. The smallest absolute Gasteiger partial charge is 0.135 e. The zero-order chi connectivity index (χ0) is 12.1. The Bertz CT molecular complexity index is 362. The van der Waals surface area contributed by atoms with Crippen LogP contribution in [0.3, 0.4) is 0 Å². The van der Waals surface area contributed by atoms with E-state index in [0.29, 0.717) is 6.61 Å². The first kappa shape index (κ1) is 13.1. The predicted molar refractivity (Wildman–Crippen MR) is 66.1 cm³/mol. The van der Waals surface area contributed by atoms with Gasteiger partial charge in [-0.25, -0.2) is 4.98 Å². The number of amidine groups is 1. The number of thiazole rings is 1. The minimum Gasteiger partial charge on any atom is -0.383 e. The maximum Gasteiger partial charge on any atom is 0.135 e. The maximum atomic E-state index is 7.47. The van der Waals surface area contributed by atoms with Gasteiger partial charge in [0.05, 0.1) is 22.2 Å². The summed E-state index contributed by atoms with van der Waals surface area (Å²) in [5.41, 5.74) is 6.27. The van der Waals surface area contributed by atoms with E-state index in [1.807, 2.05) is 14.1 Å². The number of hydrogen-bond donors (Lipinski definition) is 2. The molecule has 0 radical (unpaired) electrons. The van der Waals surface area contributed by atoms with Crippen LogP contribution in [0.2, 0.25) is 0 Å². The maximum absolute atomic E-state index is 7.47. The Morgan fingerprint density at radius 3 is 2.75 bits per heavy atom. The van der Waals surface area contributed by atoms with Crippen molar-refractivity contribution in [2.75, 3.05) is 27.7 Å². The fourth-order valence-corrected chi connectivity index (χ4v) is 2.19. The van der Waals surface area contributed by atoms with Gasteiger partial charge in [-0.05, 0) is 14.1 Å². The molecule has 0 saturated heterocycles. The van der Waals surface area contributed by atoms with E-state index >= 15 is 0 Å². The van der Waals surface area contributed by atoms with E-state index < -0.39 is 0 Å². The molecule has 0 aliphatic carbocycles. The van der Waals surface area contributed by atoms with Crippen LogP contribution in [0.4, 0.5) is 0 Å². The van der Waals surface area contributed by atoms with E-state index in [9.17, 15) is 0 Å². The number of methoxy groups -OCH3 is 1. The summed E-state index contributed by atoms with van der Waals surface area (Å²) < 4.78 is 5.04. The van der Waals surface area contributed by atoms with Crippen molar-refractivity contribution in [2.45, 2.75) is 13.0 Å². The highest BCUT2D eigenvalue weighted by molar-refractivity contribution is 7.13. The molecule has 1 aromatic heterocycles. The Labute approximate surface area is 99.7 Å². The second-order valence-corrected chi connectivity index (χ2v) is 4.87. The molecule has 0 aromatic carbocycles. The second kappa shape index (κ2) is 5.93. The number of ether oxygens (including phenoxy) is 1. The number of nitrogens with two attached hydrogens (primary N) is 1. The Hall–Kier alpha value is -0.980. The lowest BCUT2D eigenvalue weighted by Crippen LogP contribution is -2.14. The first-order chi connectivity index (χ1) is 7.54. The molecule has 1 aromatic rings. The molecule has 0 amide bonds.